The van der Waals surface area contributed by atoms with Crippen molar-refractivity contribution in [1.29, 1.82) is 0 Å². The van der Waals surface area contributed by atoms with Crippen LogP contribution in [0.1, 0.15) is 5.56 Å². The highest BCUT2D eigenvalue weighted by Gasteiger charge is 2.08. The van der Waals surface area contributed by atoms with E-state index in [0.29, 0.717) is 17.0 Å². The minimum absolute atomic E-state index is 0.303. The van der Waals surface area contributed by atoms with Gasteiger partial charge in [-0.15, -0.1) is 0 Å². The van der Waals surface area contributed by atoms with Crippen molar-refractivity contribution in [2.24, 2.45) is 0 Å². The molecule has 1 N–H and O–H groups in total. The standard InChI is InChI=1S/C15H12FN3/c1-10-7-14(17-9-12(10)16)15-8-13(18-19-15)11-5-3-2-4-6-11/h2-9H,1H3,(H,18,19). The number of rotatable bonds is 2. The lowest BCUT2D eigenvalue weighted by atomic mass is 10.1. The minimum Gasteiger partial charge on any atom is -0.277 e. The topological polar surface area (TPSA) is 41.6 Å². The fourth-order valence-corrected chi connectivity index (χ4v) is 1.90. The number of pyridine rings is 1. The fourth-order valence-electron chi connectivity index (χ4n) is 1.90. The van der Waals surface area contributed by atoms with Crippen molar-refractivity contribution >= 4 is 0 Å². The third-order valence-electron chi connectivity index (χ3n) is 2.97. The van der Waals surface area contributed by atoms with Crippen LogP contribution in [0.3, 0.4) is 0 Å². The average molecular weight is 253 g/mol. The third-order valence-corrected chi connectivity index (χ3v) is 2.97. The second kappa shape index (κ2) is 4.65. The summed E-state index contributed by atoms with van der Waals surface area (Å²) in [6.45, 7) is 1.71. The lowest BCUT2D eigenvalue weighted by Crippen LogP contribution is -1.89. The molecule has 3 nitrogen and oxygen atoms in total. The van der Waals surface area contributed by atoms with Gasteiger partial charge in [-0.05, 0) is 30.2 Å². The quantitative estimate of drug-likeness (QED) is 0.758. The number of benzene rings is 1. The number of aromatic amines is 1. The van der Waals surface area contributed by atoms with Crippen molar-refractivity contribution < 1.29 is 4.39 Å². The van der Waals surface area contributed by atoms with E-state index in [1.165, 1.54) is 6.20 Å². The first-order valence-corrected chi connectivity index (χ1v) is 5.97. The Kier molecular flexibility index (Phi) is 2.83. The van der Waals surface area contributed by atoms with Gasteiger partial charge in [-0.1, -0.05) is 30.3 Å². The van der Waals surface area contributed by atoms with Crippen LogP contribution in [0.4, 0.5) is 4.39 Å². The van der Waals surface area contributed by atoms with Crippen molar-refractivity contribution in [2.45, 2.75) is 6.92 Å². The van der Waals surface area contributed by atoms with E-state index in [2.05, 4.69) is 15.2 Å². The SMILES string of the molecule is Cc1cc(-c2cc(-c3ccccc3)[nH]n2)ncc1F. The lowest BCUT2D eigenvalue weighted by molar-refractivity contribution is 0.612. The maximum atomic E-state index is 13.2. The average Bonchev–Trinajstić information content (AvgIpc) is 2.93. The number of nitrogens with one attached hydrogen (secondary N) is 1. The summed E-state index contributed by atoms with van der Waals surface area (Å²) in [5.74, 6) is -0.303. The lowest BCUT2D eigenvalue weighted by Gasteiger charge is -1.98. The molecule has 0 aliphatic rings. The van der Waals surface area contributed by atoms with Crippen LogP contribution in [-0.2, 0) is 0 Å². The van der Waals surface area contributed by atoms with E-state index in [1.807, 2.05) is 36.4 Å². The predicted molar refractivity (Wildman–Crippen MR) is 71.9 cm³/mol. The van der Waals surface area contributed by atoms with Crippen LogP contribution in [0.2, 0.25) is 0 Å². The Hall–Kier alpha value is -2.49. The summed E-state index contributed by atoms with van der Waals surface area (Å²) in [6, 6.07) is 13.5. The summed E-state index contributed by atoms with van der Waals surface area (Å²) in [5, 5.41) is 7.19. The van der Waals surface area contributed by atoms with Crippen molar-refractivity contribution in [3.8, 4) is 22.6 Å². The molecule has 0 spiro atoms. The van der Waals surface area contributed by atoms with Gasteiger partial charge in [-0.25, -0.2) is 4.39 Å². The van der Waals surface area contributed by atoms with Gasteiger partial charge in [0.25, 0.3) is 0 Å². The van der Waals surface area contributed by atoms with Gasteiger partial charge in [0.15, 0.2) is 0 Å². The van der Waals surface area contributed by atoms with Gasteiger partial charge in [0.05, 0.1) is 17.6 Å². The molecule has 2 aromatic heterocycles. The van der Waals surface area contributed by atoms with E-state index in [0.717, 1.165) is 11.3 Å². The van der Waals surface area contributed by atoms with Crippen LogP contribution < -0.4 is 0 Å². The summed E-state index contributed by atoms with van der Waals surface area (Å²) in [6.07, 6.45) is 1.22. The maximum Gasteiger partial charge on any atom is 0.144 e. The number of halogens is 1. The van der Waals surface area contributed by atoms with E-state index in [-0.39, 0.29) is 5.82 Å². The summed E-state index contributed by atoms with van der Waals surface area (Å²) in [5.41, 5.74) is 3.91. The Bertz CT molecular complexity index is 704. The zero-order chi connectivity index (χ0) is 13.2. The maximum absolute atomic E-state index is 13.2. The zero-order valence-corrected chi connectivity index (χ0v) is 10.4. The fraction of sp³-hybridized carbons (Fsp3) is 0.0667. The molecule has 94 valence electrons. The van der Waals surface area contributed by atoms with Gasteiger partial charge >= 0.3 is 0 Å². The molecule has 3 rings (SSSR count). The Morgan fingerprint density at radius 2 is 1.84 bits per heavy atom. The van der Waals surface area contributed by atoms with Crippen LogP contribution >= 0.6 is 0 Å². The molecule has 0 bridgehead atoms. The first-order valence-electron chi connectivity index (χ1n) is 5.97. The van der Waals surface area contributed by atoms with Crippen LogP contribution in [0.5, 0.6) is 0 Å². The highest BCUT2D eigenvalue weighted by Crippen LogP contribution is 2.23. The van der Waals surface area contributed by atoms with Gasteiger partial charge in [-0.2, -0.15) is 5.10 Å². The molecular formula is C15H12FN3. The monoisotopic (exact) mass is 253 g/mol. The number of hydrogen-bond donors (Lipinski definition) is 1. The molecule has 3 aromatic rings. The molecule has 1 aromatic carbocycles. The van der Waals surface area contributed by atoms with Crippen molar-refractivity contribution in [3.63, 3.8) is 0 Å². The van der Waals surface area contributed by atoms with E-state index in [1.54, 1.807) is 13.0 Å². The molecule has 0 atom stereocenters. The van der Waals surface area contributed by atoms with Gasteiger partial charge in [-0.3, -0.25) is 10.1 Å². The number of aryl methyl sites for hydroxylation is 1. The largest absolute Gasteiger partial charge is 0.277 e. The Morgan fingerprint density at radius 3 is 2.58 bits per heavy atom. The molecule has 2 heterocycles. The Morgan fingerprint density at radius 1 is 1.05 bits per heavy atom. The summed E-state index contributed by atoms with van der Waals surface area (Å²) < 4.78 is 13.2. The molecule has 0 radical (unpaired) electrons. The normalized spacial score (nSPS) is 10.6. The van der Waals surface area contributed by atoms with Gasteiger partial charge in [0, 0.05) is 0 Å². The third kappa shape index (κ3) is 2.25. The van der Waals surface area contributed by atoms with Crippen molar-refractivity contribution in [3.05, 3.63) is 60.0 Å². The molecular weight excluding hydrogens is 241 g/mol. The second-order valence-electron chi connectivity index (χ2n) is 4.35. The van der Waals surface area contributed by atoms with E-state index in [9.17, 15) is 4.39 Å². The Balaban J connectivity index is 1.99. The minimum atomic E-state index is -0.303. The Labute approximate surface area is 110 Å². The molecule has 0 unspecified atom stereocenters. The number of aromatic nitrogens is 3. The number of H-pyrrole nitrogens is 1. The first-order chi connectivity index (χ1) is 9.24. The highest BCUT2D eigenvalue weighted by molar-refractivity contribution is 5.66. The molecule has 0 saturated heterocycles. The van der Waals surface area contributed by atoms with Crippen molar-refractivity contribution in [2.75, 3.05) is 0 Å². The van der Waals surface area contributed by atoms with Gasteiger partial charge in [0.2, 0.25) is 0 Å². The van der Waals surface area contributed by atoms with E-state index < -0.39 is 0 Å². The molecule has 0 fully saturated rings. The predicted octanol–water partition coefficient (Wildman–Crippen LogP) is 3.59. The van der Waals surface area contributed by atoms with Crippen LogP contribution in [-0.4, -0.2) is 15.2 Å². The van der Waals surface area contributed by atoms with Crippen LogP contribution in [0, 0.1) is 12.7 Å². The first kappa shape index (κ1) is 11.6. The molecule has 0 aliphatic carbocycles. The molecule has 4 heteroatoms. The molecule has 0 aliphatic heterocycles. The number of nitrogens with zero attached hydrogens (tertiary/aromatic N) is 2. The summed E-state index contributed by atoms with van der Waals surface area (Å²) in [7, 11) is 0. The molecule has 0 saturated carbocycles. The van der Waals surface area contributed by atoms with Crippen molar-refractivity contribution in [1.82, 2.24) is 15.2 Å². The van der Waals surface area contributed by atoms with Crippen LogP contribution in [0.15, 0.2) is 48.7 Å². The molecule has 19 heavy (non-hydrogen) atoms. The highest BCUT2D eigenvalue weighted by atomic mass is 19.1. The van der Waals surface area contributed by atoms with Gasteiger partial charge < -0.3 is 0 Å². The smallest absolute Gasteiger partial charge is 0.144 e. The molecule has 0 amide bonds. The van der Waals surface area contributed by atoms with Gasteiger partial charge in [0.1, 0.15) is 11.5 Å². The van der Waals surface area contributed by atoms with E-state index >= 15 is 0 Å². The summed E-state index contributed by atoms with van der Waals surface area (Å²) >= 11 is 0. The second-order valence-corrected chi connectivity index (χ2v) is 4.35. The number of hydrogen-bond acceptors (Lipinski definition) is 2. The summed E-state index contributed by atoms with van der Waals surface area (Å²) in [4.78, 5) is 4.06. The zero-order valence-electron chi connectivity index (χ0n) is 10.4. The van der Waals surface area contributed by atoms with Crippen LogP contribution in [0.25, 0.3) is 22.6 Å². The van der Waals surface area contributed by atoms with E-state index in [4.69, 9.17) is 0 Å².